The number of likely N-dealkylation sites (tertiary alicyclic amines) is 1. The van der Waals surface area contributed by atoms with Crippen molar-refractivity contribution in [3.05, 3.63) is 46.3 Å². The molecule has 10 nitrogen and oxygen atoms in total. The van der Waals surface area contributed by atoms with Crippen molar-refractivity contribution in [1.82, 2.24) is 39.6 Å². The molecule has 0 bridgehead atoms. The number of thiazole rings is 1. The quantitative estimate of drug-likeness (QED) is 0.361. The number of aromatic amines is 1. The minimum Gasteiger partial charge on any atom is -0.351 e. The predicted octanol–water partition coefficient (Wildman–Crippen LogP) is 3.03. The largest absolute Gasteiger partial charge is 0.435 e. The number of hydrogen-bond donors (Lipinski definition) is 2. The van der Waals surface area contributed by atoms with Gasteiger partial charge >= 0.3 is 6.18 Å². The molecule has 6 heterocycles. The van der Waals surface area contributed by atoms with Gasteiger partial charge in [-0.15, -0.1) is 11.3 Å². The molecule has 192 valence electrons. The summed E-state index contributed by atoms with van der Waals surface area (Å²) >= 11 is 1.01. The molecule has 1 amide bonds. The van der Waals surface area contributed by atoms with Crippen LogP contribution >= 0.6 is 11.3 Å². The van der Waals surface area contributed by atoms with Crippen molar-refractivity contribution >= 4 is 44.0 Å². The summed E-state index contributed by atoms with van der Waals surface area (Å²) < 4.78 is 42.9. The number of nitrogens with one attached hydrogen (secondary N) is 2. The second kappa shape index (κ2) is 8.66. The minimum absolute atomic E-state index is 0.0885. The van der Waals surface area contributed by atoms with Crippen LogP contribution in [0, 0.1) is 0 Å². The second-order valence-corrected chi connectivity index (χ2v) is 10.0. The number of carbonyl (C=O) groups excluding carboxylic acids is 1. The Labute approximate surface area is 210 Å². The van der Waals surface area contributed by atoms with Gasteiger partial charge in [-0.25, -0.2) is 4.52 Å². The number of aryl methyl sites for hydroxylation is 1. The monoisotopic (exact) mass is 530 g/mol. The Kier molecular flexibility index (Phi) is 5.53. The molecule has 0 saturated carbocycles. The van der Waals surface area contributed by atoms with E-state index in [2.05, 4.69) is 30.4 Å². The van der Waals surface area contributed by atoms with Gasteiger partial charge in [0.2, 0.25) is 0 Å². The number of pyridine rings is 2. The van der Waals surface area contributed by atoms with Gasteiger partial charge in [-0.1, -0.05) is 0 Å². The van der Waals surface area contributed by atoms with Crippen LogP contribution in [0.5, 0.6) is 0 Å². The fraction of sp³-hybridized carbons (Fsp3) is 0.348. The normalized spacial score (nSPS) is 14.9. The van der Waals surface area contributed by atoms with Crippen LogP contribution in [-0.4, -0.2) is 66.3 Å². The van der Waals surface area contributed by atoms with Crippen LogP contribution in [0.4, 0.5) is 13.2 Å². The Morgan fingerprint density at radius 2 is 1.97 bits per heavy atom. The van der Waals surface area contributed by atoms with Gasteiger partial charge in [-0.05, 0) is 32.0 Å². The summed E-state index contributed by atoms with van der Waals surface area (Å²) in [6.07, 6.45) is 1.88. The maximum atomic E-state index is 13.5. The third kappa shape index (κ3) is 4.15. The van der Waals surface area contributed by atoms with Gasteiger partial charge < -0.3 is 15.2 Å². The third-order valence-corrected chi connectivity index (χ3v) is 7.57. The number of hydrogen-bond acceptors (Lipinski definition) is 7. The molecule has 1 fully saturated rings. The average molecular weight is 531 g/mol. The van der Waals surface area contributed by atoms with E-state index in [0.717, 1.165) is 35.7 Å². The van der Waals surface area contributed by atoms with Crippen molar-refractivity contribution in [1.29, 1.82) is 0 Å². The van der Waals surface area contributed by atoms with Gasteiger partial charge in [0, 0.05) is 44.3 Å². The minimum atomic E-state index is -4.62. The first-order chi connectivity index (χ1) is 17.7. The predicted molar refractivity (Wildman–Crippen MR) is 132 cm³/mol. The highest BCUT2D eigenvalue weighted by Gasteiger charge is 2.38. The van der Waals surface area contributed by atoms with Crippen molar-refractivity contribution in [2.24, 2.45) is 7.05 Å². The van der Waals surface area contributed by atoms with Crippen LogP contribution in [0.1, 0.15) is 28.9 Å². The molecule has 0 radical (unpaired) electrons. The van der Waals surface area contributed by atoms with Crippen LogP contribution in [0.15, 0.2) is 29.5 Å². The first-order valence-corrected chi connectivity index (χ1v) is 12.5. The highest BCUT2D eigenvalue weighted by Crippen LogP contribution is 2.40. The summed E-state index contributed by atoms with van der Waals surface area (Å²) in [5.41, 5.74) is -0.212. The number of amides is 1. The van der Waals surface area contributed by atoms with Crippen molar-refractivity contribution in [2.45, 2.75) is 19.0 Å². The molecule has 2 N–H and O–H groups in total. The zero-order valence-corrected chi connectivity index (χ0v) is 20.4. The SMILES string of the molecule is Cn1cc(-c2cn3nc4c5ncc(C(=O)NCCN6CCCC6)cc5[nH]c(=O)c4c3s2)c(C(F)(F)F)n1. The zero-order chi connectivity index (χ0) is 25.9. The maximum absolute atomic E-state index is 13.5. The summed E-state index contributed by atoms with van der Waals surface area (Å²) in [5, 5.41) is 11.1. The average Bonchev–Trinajstić information content (AvgIpc) is 3.61. The molecular weight excluding hydrogens is 509 g/mol. The number of alkyl halides is 3. The molecular formula is C23H21F3N8O2S. The first-order valence-electron chi connectivity index (χ1n) is 11.6. The third-order valence-electron chi connectivity index (χ3n) is 6.44. The van der Waals surface area contributed by atoms with Crippen molar-refractivity contribution in [3.8, 4) is 10.4 Å². The molecule has 5 aromatic heterocycles. The Hall–Kier alpha value is -3.78. The van der Waals surface area contributed by atoms with E-state index in [9.17, 15) is 22.8 Å². The summed E-state index contributed by atoms with van der Waals surface area (Å²) in [6, 6.07) is 1.55. The summed E-state index contributed by atoms with van der Waals surface area (Å²) in [6.45, 7) is 3.38. The van der Waals surface area contributed by atoms with Crippen LogP contribution < -0.4 is 10.9 Å². The van der Waals surface area contributed by atoms with Gasteiger partial charge in [0.05, 0.1) is 16.0 Å². The van der Waals surface area contributed by atoms with Crippen molar-refractivity contribution < 1.29 is 18.0 Å². The molecule has 37 heavy (non-hydrogen) atoms. The number of aromatic nitrogens is 6. The molecule has 6 rings (SSSR count). The number of carbonyl (C=O) groups is 1. The van der Waals surface area contributed by atoms with Gasteiger partial charge in [-0.3, -0.25) is 19.3 Å². The fourth-order valence-corrected chi connectivity index (χ4v) is 5.81. The van der Waals surface area contributed by atoms with Gasteiger partial charge in [0.25, 0.3) is 11.5 Å². The first kappa shape index (κ1) is 23.6. The van der Waals surface area contributed by atoms with E-state index in [0.29, 0.717) is 33.5 Å². The highest BCUT2D eigenvalue weighted by molar-refractivity contribution is 7.21. The molecule has 5 aromatic rings. The van der Waals surface area contributed by atoms with Crippen LogP contribution in [0.3, 0.4) is 0 Å². The number of fused-ring (bicyclic) bond motifs is 5. The standard InChI is InChI=1S/C23H21F3N8O2S/c1-32-10-13(19(31-32)23(24,25)26)15-11-34-22(37-15)16-18(30-34)17-14(29-21(16)36)8-12(9-28-17)20(35)27-4-7-33-5-2-3-6-33/h8-11H,2-7H2,1H3,(H,27,35)(H,29,36). The van der Waals surface area contributed by atoms with E-state index in [1.165, 1.54) is 43.0 Å². The molecule has 0 aromatic carbocycles. The lowest BCUT2D eigenvalue weighted by atomic mass is 10.2. The Balaban J connectivity index is 1.34. The molecule has 14 heteroatoms. The number of halogens is 3. The number of rotatable bonds is 5. The lowest BCUT2D eigenvalue weighted by Gasteiger charge is -2.14. The van der Waals surface area contributed by atoms with Crippen molar-refractivity contribution in [2.75, 3.05) is 26.2 Å². The lowest BCUT2D eigenvalue weighted by Crippen LogP contribution is -2.33. The second-order valence-electron chi connectivity index (χ2n) is 9.01. The van der Waals surface area contributed by atoms with E-state index in [4.69, 9.17) is 0 Å². The zero-order valence-electron chi connectivity index (χ0n) is 19.6. The van der Waals surface area contributed by atoms with Crippen LogP contribution in [0.2, 0.25) is 0 Å². The molecule has 0 aliphatic carbocycles. The molecule has 0 unspecified atom stereocenters. The lowest BCUT2D eigenvalue weighted by molar-refractivity contribution is -0.140. The molecule has 0 atom stereocenters. The van der Waals surface area contributed by atoms with E-state index >= 15 is 0 Å². The van der Waals surface area contributed by atoms with Crippen molar-refractivity contribution in [3.63, 3.8) is 0 Å². The van der Waals surface area contributed by atoms with E-state index in [-0.39, 0.29) is 21.7 Å². The molecule has 1 aliphatic rings. The Morgan fingerprint density at radius 3 is 2.73 bits per heavy atom. The smallest absolute Gasteiger partial charge is 0.351 e. The molecule has 1 saturated heterocycles. The number of H-pyrrole nitrogens is 1. The van der Waals surface area contributed by atoms with Crippen LogP contribution in [0.25, 0.3) is 37.2 Å². The summed E-state index contributed by atoms with van der Waals surface area (Å²) in [4.78, 5) is 35.7. The summed E-state index contributed by atoms with van der Waals surface area (Å²) in [7, 11) is 1.41. The number of nitrogens with zero attached hydrogens (tertiary/aromatic N) is 6. The highest BCUT2D eigenvalue weighted by atomic mass is 32.1. The van der Waals surface area contributed by atoms with Crippen LogP contribution in [-0.2, 0) is 13.2 Å². The summed E-state index contributed by atoms with van der Waals surface area (Å²) in [5.74, 6) is -0.290. The molecule has 1 aliphatic heterocycles. The van der Waals surface area contributed by atoms with Gasteiger partial charge in [-0.2, -0.15) is 23.4 Å². The van der Waals surface area contributed by atoms with E-state index < -0.39 is 17.4 Å². The van der Waals surface area contributed by atoms with E-state index in [1.807, 2.05) is 0 Å². The Morgan fingerprint density at radius 1 is 1.19 bits per heavy atom. The maximum Gasteiger partial charge on any atom is 0.435 e. The molecule has 0 spiro atoms. The fourth-order valence-electron chi connectivity index (χ4n) is 4.71. The van der Waals surface area contributed by atoms with Gasteiger partial charge in [0.15, 0.2) is 5.69 Å². The van der Waals surface area contributed by atoms with Gasteiger partial charge in [0.1, 0.15) is 21.3 Å². The Bertz CT molecular complexity index is 1730. The van der Waals surface area contributed by atoms with E-state index in [1.54, 1.807) is 6.07 Å². The topological polar surface area (TPSA) is 113 Å².